The molecule has 2 rings (SSSR count). The molecule has 1 atom stereocenters. The monoisotopic (exact) mass is 368 g/mol. The summed E-state index contributed by atoms with van der Waals surface area (Å²) in [5.74, 6) is 0.285. The maximum Gasteiger partial charge on any atom is 0.243 e. The molecule has 108 valence electrons. The molecular formula is C12H18BrClN2O2S. The third-order valence-corrected chi connectivity index (χ3v) is 5.54. The second kappa shape index (κ2) is 6.54. The van der Waals surface area contributed by atoms with E-state index in [2.05, 4.69) is 15.9 Å². The number of benzene rings is 1. The number of sulfonamides is 1. The molecule has 19 heavy (non-hydrogen) atoms. The minimum absolute atomic E-state index is 0. The molecule has 0 bridgehead atoms. The molecule has 0 spiro atoms. The van der Waals surface area contributed by atoms with Gasteiger partial charge in [0, 0.05) is 17.6 Å². The van der Waals surface area contributed by atoms with Crippen LogP contribution in [0.1, 0.15) is 12.0 Å². The van der Waals surface area contributed by atoms with Crippen molar-refractivity contribution in [3.8, 4) is 0 Å². The Morgan fingerprint density at radius 1 is 1.42 bits per heavy atom. The van der Waals surface area contributed by atoms with Crippen LogP contribution in [0.25, 0.3) is 0 Å². The minimum Gasteiger partial charge on any atom is -0.330 e. The van der Waals surface area contributed by atoms with E-state index in [0.29, 0.717) is 24.5 Å². The molecule has 1 heterocycles. The third-order valence-electron chi connectivity index (χ3n) is 3.24. The fraction of sp³-hybridized carbons (Fsp3) is 0.500. The molecule has 7 heteroatoms. The van der Waals surface area contributed by atoms with Gasteiger partial charge in [-0.15, -0.1) is 12.4 Å². The normalized spacial score (nSPS) is 20.3. The zero-order valence-corrected chi connectivity index (χ0v) is 13.9. The van der Waals surface area contributed by atoms with Gasteiger partial charge in [0.05, 0.1) is 4.90 Å². The van der Waals surface area contributed by atoms with Crippen LogP contribution in [-0.2, 0) is 10.0 Å². The molecule has 1 unspecified atom stereocenters. The van der Waals surface area contributed by atoms with Crippen LogP contribution in [0.2, 0.25) is 0 Å². The first-order valence-electron chi connectivity index (χ1n) is 5.91. The van der Waals surface area contributed by atoms with Gasteiger partial charge in [0.25, 0.3) is 0 Å². The Morgan fingerprint density at radius 2 is 2.11 bits per heavy atom. The summed E-state index contributed by atoms with van der Waals surface area (Å²) in [7, 11) is -3.38. The Balaban J connectivity index is 0.00000180. The Morgan fingerprint density at radius 3 is 2.63 bits per heavy atom. The summed E-state index contributed by atoms with van der Waals surface area (Å²) in [4.78, 5) is 0.354. The van der Waals surface area contributed by atoms with Crippen molar-refractivity contribution in [3.63, 3.8) is 0 Å². The standard InChI is InChI=1S/C12H17BrN2O2S.ClH/c1-9-4-11(13)6-12(5-9)18(16,17)15-3-2-10(7-14)8-15;/h4-6,10H,2-3,7-8,14H2,1H3;1H. The van der Waals surface area contributed by atoms with Crippen LogP contribution in [0.15, 0.2) is 27.6 Å². The van der Waals surface area contributed by atoms with Gasteiger partial charge in [-0.25, -0.2) is 8.42 Å². The van der Waals surface area contributed by atoms with Crippen molar-refractivity contribution in [1.82, 2.24) is 4.31 Å². The first-order chi connectivity index (χ1) is 8.43. The first-order valence-corrected chi connectivity index (χ1v) is 8.14. The van der Waals surface area contributed by atoms with Gasteiger partial charge in [0.1, 0.15) is 0 Å². The molecule has 0 amide bonds. The highest BCUT2D eigenvalue weighted by molar-refractivity contribution is 9.10. The van der Waals surface area contributed by atoms with Crippen molar-refractivity contribution in [2.45, 2.75) is 18.2 Å². The SMILES string of the molecule is Cc1cc(Br)cc(S(=O)(=O)N2CCC(CN)C2)c1.Cl. The molecular weight excluding hydrogens is 352 g/mol. The number of rotatable bonds is 3. The first kappa shape index (κ1) is 16.9. The molecule has 1 fully saturated rings. The van der Waals surface area contributed by atoms with Gasteiger partial charge in [-0.1, -0.05) is 15.9 Å². The van der Waals surface area contributed by atoms with E-state index in [4.69, 9.17) is 5.73 Å². The molecule has 1 aromatic rings. The van der Waals surface area contributed by atoms with E-state index < -0.39 is 10.0 Å². The lowest BCUT2D eigenvalue weighted by Gasteiger charge is -2.17. The highest BCUT2D eigenvalue weighted by Gasteiger charge is 2.32. The molecule has 1 aliphatic heterocycles. The minimum atomic E-state index is -3.38. The molecule has 0 aromatic heterocycles. The number of halogens is 2. The maximum absolute atomic E-state index is 12.5. The number of nitrogens with two attached hydrogens (primary N) is 1. The summed E-state index contributed by atoms with van der Waals surface area (Å²) in [6.45, 7) is 3.53. The second-order valence-electron chi connectivity index (χ2n) is 4.72. The van der Waals surface area contributed by atoms with Crippen LogP contribution in [0.5, 0.6) is 0 Å². The Hall–Kier alpha value is -0.140. The fourth-order valence-corrected chi connectivity index (χ4v) is 4.63. The van der Waals surface area contributed by atoms with Gasteiger partial charge in [0.15, 0.2) is 0 Å². The topological polar surface area (TPSA) is 63.4 Å². The molecule has 1 saturated heterocycles. The van der Waals surface area contributed by atoms with E-state index in [-0.39, 0.29) is 18.3 Å². The number of hydrogen-bond donors (Lipinski definition) is 1. The molecule has 2 N–H and O–H groups in total. The van der Waals surface area contributed by atoms with Crippen LogP contribution < -0.4 is 5.73 Å². The summed E-state index contributed by atoms with van der Waals surface area (Å²) in [6.07, 6.45) is 0.850. The fourth-order valence-electron chi connectivity index (χ4n) is 2.21. The summed E-state index contributed by atoms with van der Waals surface area (Å²) >= 11 is 3.34. The zero-order chi connectivity index (χ0) is 13.3. The summed E-state index contributed by atoms with van der Waals surface area (Å²) < 4.78 is 27.3. The predicted molar refractivity (Wildman–Crippen MR) is 82.0 cm³/mol. The van der Waals surface area contributed by atoms with Gasteiger partial charge in [0.2, 0.25) is 10.0 Å². The lowest BCUT2D eigenvalue weighted by molar-refractivity contribution is 0.459. The highest BCUT2D eigenvalue weighted by Crippen LogP contribution is 2.26. The van der Waals surface area contributed by atoms with Gasteiger partial charge < -0.3 is 5.73 Å². The van der Waals surface area contributed by atoms with Crippen molar-refractivity contribution in [2.24, 2.45) is 11.7 Å². The van der Waals surface area contributed by atoms with E-state index in [1.54, 1.807) is 12.1 Å². The average Bonchev–Trinajstić information content (AvgIpc) is 2.76. The number of aryl methyl sites for hydroxylation is 1. The summed E-state index contributed by atoms with van der Waals surface area (Å²) in [5.41, 5.74) is 6.53. The Bertz CT molecular complexity index is 530. The lowest BCUT2D eigenvalue weighted by Crippen LogP contribution is -2.30. The molecule has 0 aliphatic carbocycles. The maximum atomic E-state index is 12.5. The van der Waals surface area contributed by atoms with E-state index in [1.807, 2.05) is 13.0 Å². The molecule has 1 aliphatic rings. The lowest BCUT2D eigenvalue weighted by atomic mass is 10.1. The Kier molecular flexibility index (Phi) is 5.82. The van der Waals surface area contributed by atoms with E-state index >= 15 is 0 Å². The van der Waals surface area contributed by atoms with Crippen molar-refractivity contribution < 1.29 is 8.42 Å². The highest BCUT2D eigenvalue weighted by atomic mass is 79.9. The van der Waals surface area contributed by atoms with Crippen molar-refractivity contribution >= 4 is 38.4 Å². The molecule has 1 aromatic carbocycles. The van der Waals surface area contributed by atoms with Crippen LogP contribution in [-0.4, -0.2) is 32.4 Å². The average molecular weight is 370 g/mol. The van der Waals surface area contributed by atoms with E-state index in [0.717, 1.165) is 16.5 Å². The smallest absolute Gasteiger partial charge is 0.243 e. The van der Waals surface area contributed by atoms with E-state index in [1.165, 1.54) is 4.31 Å². The van der Waals surface area contributed by atoms with Crippen LogP contribution in [0, 0.1) is 12.8 Å². The quantitative estimate of drug-likeness (QED) is 0.888. The van der Waals surface area contributed by atoms with Crippen molar-refractivity contribution in [1.29, 1.82) is 0 Å². The third kappa shape index (κ3) is 3.70. The molecule has 0 saturated carbocycles. The van der Waals surface area contributed by atoms with Gasteiger partial charge in [-0.05, 0) is 49.6 Å². The van der Waals surface area contributed by atoms with Crippen molar-refractivity contribution in [3.05, 3.63) is 28.2 Å². The van der Waals surface area contributed by atoms with Gasteiger partial charge in [-0.3, -0.25) is 0 Å². The Labute approximate surface area is 128 Å². The zero-order valence-electron chi connectivity index (χ0n) is 10.7. The summed E-state index contributed by atoms with van der Waals surface area (Å²) in [5, 5.41) is 0. The number of hydrogen-bond acceptors (Lipinski definition) is 3. The molecule has 0 radical (unpaired) electrons. The largest absolute Gasteiger partial charge is 0.330 e. The second-order valence-corrected chi connectivity index (χ2v) is 7.57. The van der Waals surface area contributed by atoms with Crippen LogP contribution in [0.4, 0.5) is 0 Å². The van der Waals surface area contributed by atoms with Crippen molar-refractivity contribution in [2.75, 3.05) is 19.6 Å². The van der Waals surface area contributed by atoms with Gasteiger partial charge >= 0.3 is 0 Å². The van der Waals surface area contributed by atoms with Crippen LogP contribution in [0.3, 0.4) is 0 Å². The summed E-state index contributed by atoms with van der Waals surface area (Å²) in [6, 6.07) is 5.25. The van der Waals surface area contributed by atoms with Gasteiger partial charge in [-0.2, -0.15) is 4.31 Å². The molecule has 4 nitrogen and oxygen atoms in total. The number of nitrogens with zero attached hydrogens (tertiary/aromatic N) is 1. The van der Waals surface area contributed by atoms with E-state index in [9.17, 15) is 8.42 Å². The predicted octanol–water partition coefficient (Wildman–Crippen LogP) is 2.15. The van der Waals surface area contributed by atoms with Crippen LogP contribution >= 0.6 is 28.3 Å².